The van der Waals surface area contributed by atoms with Crippen LogP contribution in [0.1, 0.15) is 24.0 Å². The predicted molar refractivity (Wildman–Crippen MR) is 70.9 cm³/mol. The van der Waals surface area contributed by atoms with Crippen molar-refractivity contribution in [3.8, 4) is 5.75 Å². The Morgan fingerprint density at radius 1 is 1.33 bits per heavy atom. The van der Waals surface area contributed by atoms with Gasteiger partial charge in [0, 0.05) is 6.42 Å². The van der Waals surface area contributed by atoms with Gasteiger partial charge in [-0.3, -0.25) is 0 Å². The molecule has 1 aromatic carbocycles. The molecule has 1 aromatic rings. The molecule has 1 heterocycles. The first kappa shape index (κ1) is 12.0. The van der Waals surface area contributed by atoms with Crippen LogP contribution in [0.25, 0.3) is 0 Å². The molecule has 1 fully saturated rings. The zero-order valence-corrected chi connectivity index (χ0v) is 10.7. The van der Waals surface area contributed by atoms with Gasteiger partial charge in [-0.05, 0) is 48.9 Å². The van der Waals surface area contributed by atoms with E-state index in [9.17, 15) is 0 Å². The molecule has 1 saturated carbocycles. The molecule has 0 atom stereocenters. The molecule has 3 rings (SSSR count). The molecule has 1 aliphatic heterocycles. The van der Waals surface area contributed by atoms with Crippen LogP contribution in [0.2, 0.25) is 0 Å². The molecule has 0 aromatic heterocycles. The lowest BCUT2D eigenvalue weighted by molar-refractivity contribution is -0.0263. The molecule has 1 aliphatic carbocycles. The Morgan fingerprint density at radius 3 is 3.06 bits per heavy atom. The van der Waals surface area contributed by atoms with Crippen LogP contribution < -0.4 is 10.5 Å². The third-order valence-corrected chi connectivity index (χ3v) is 4.02. The lowest BCUT2D eigenvalue weighted by Gasteiger charge is -2.34. The zero-order valence-electron chi connectivity index (χ0n) is 10.7. The van der Waals surface area contributed by atoms with Gasteiger partial charge in [0.1, 0.15) is 5.75 Å². The van der Waals surface area contributed by atoms with Crippen molar-refractivity contribution < 1.29 is 9.47 Å². The molecule has 3 nitrogen and oxygen atoms in total. The van der Waals surface area contributed by atoms with Gasteiger partial charge in [0.15, 0.2) is 0 Å². The van der Waals surface area contributed by atoms with Gasteiger partial charge in [0.25, 0.3) is 0 Å². The average molecular weight is 247 g/mol. The normalized spacial score (nSPS) is 25.4. The standard InChI is InChI=1S/C15H21NO2/c16-10-12-8-14(9-12)17-5-3-11-1-2-15-13(7-11)4-6-18-15/h1-2,7,12,14H,3-6,8-10,16H2. The first-order chi connectivity index (χ1) is 8.85. The molecule has 0 unspecified atom stereocenters. The van der Waals surface area contributed by atoms with Crippen molar-refractivity contribution in [2.24, 2.45) is 11.7 Å². The maximum Gasteiger partial charge on any atom is 0.122 e. The first-order valence-corrected chi connectivity index (χ1v) is 6.91. The Bertz CT molecular complexity index is 413. The molecule has 0 spiro atoms. The fourth-order valence-corrected chi connectivity index (χ4v) is 2.74. The van der Waals surface area contributed by atoms with Gasteiger partial charge in [0.2, 0.25) is 0 Å². The summed E-state index contributed by atoms with van der Waals surface area (Å²) in [5.74, 6) is 1.76. The van der Waals surface area contributed by atoms with Crippen molar-refractivity contribution in [3.63, 3.8) is 0 Å². The second-order valence-electron chi connectivity index (χ2n) is 5.36. The Morgan fingerprint density at radius 2 is 2.22 bits per heavy atom. The maximum absolute atomic E-state index is 5.85. The molecule has 0 radical (unpaired) electrons. The highest BCUT2D eigenvalue weighted by Crippen LogP contribution is 2.29. The van der Waals surface area contributed by atoms with Crippen LogP contribution in [-0.4, -0.2) is 25.9 Å². The predicted octanol–water partition coefficient (Wildman–Crippen LogP) is 1.92. The van der Waals surface area contributed by atoms with Gasteiger partial charge in [-0.1, -0.05) is 12.1 Å². The monoisotopic (exact) mass is 247 g/mol. The summed E-state index contributed by atoms with van der Waals surface area (Å²) >= 11 is 0. The fraction of sp³-hybridized carbons (Fsp3) is 0.600. The van der Waals surface area contributed by atoms with E-state index in [0.29, 0.717) is 12.0 Å². The van der Waals surface area contributed by atoms with E-state index in [4.69, 9.17) is 15.2 Å². The van der Waals surface area contributed by atoms with Crippen LogP contribution in [0, 0.1) is 5.92 Å². The molecular formula is C15H21NO2. The van der Waals surface area contributed by atoms with Crippen LogP contribution >= 0.6 is 0 Å². The van der Waals surface area contributed by atoms with E-state index < -0.39 is 0 Å². The van der Waals surface area contributed by atoms with Crippen LogP contribution in [0.5, 0.6) is 5.75 Å². The molecule has 0 bridgehead atoms. The van der Waals surface area contributed by atoms with Gasteiger partial charge in [0.05, 0.1) is 19.3 Å². The third kappa shape index (κ3) is 2.52. The molecule has 0 amide bonds. The van der Waals surface area contributed by atoms with Crippen molar-refractivity contribution >= 4 is 0 Å². The topological polar surface area (TPSA) is 44.5 Å². The number of hydrogen-bond donors (Lipinski definition) is 1. The quantitative estimate of drug-likeness (QED) is 0.864. The number of ether oxygens (including phenoxy) is 2. The summed E-state index contributed by atoms with van der Waals surface area (Å²) < 4.78 is 11.4. The summed E-state index contributed by atoms with van der Waals surface area (Å²) in [5.41, 5.74) is 8.30. The number of rotatable bonds is 5. The molecule has 18 heavy (non-hydrogen) atoms. The minimum absolute atomic E-state index is 0.455. The molecule has 0 saturated heterocycles. The van der Waals surface area contributed by atoms with Crippen LogP contribution in [0.3, 0.4) is 0 Å². The Hall–Kier alpha value is -1.06. The van der Waals surface area contributed by atoms with E-state index in [2.05, 4.69) is 18.2 Å². The molecule has 2 aliphatic rings. The zero-order chi connectivity index (χ0) is 12.4. The average Bonchev–Trinajstić information content (AvgIpc) is 2.79. The number of benzene rings is 1. The summed E-state index contributed by atoms with van der Waals surface area (Å²) in [4.78, 5) is 0. The second kappa shape index (κ2) is 5.29. The summed E-state index contributed by atoms with van der Waals surface area (Å²) in [5, 5.41) is 0. The highest BCUT2D eigenvalue weighted by atomic mass is 16.5. The van der Waals surface area contributed by atoms with Crippen molar-refractivity contribution in [1.29, 1.82) is 0 Å². The molecule has 3 heteroatoms. The number of hydrogen-bond acceptors (Lipinski definition) is 3. The van der Waals surface area contributed by atoms with Crippen molar-refractivity contribution in [3.05, 3.63) is 29.3 Å². The largest absolute Gasteiger partial charge is 0.493 e. The third-order valence-electron chi connectivity index (χ3n) is 4.02. The summed E-state index contributed by atoms with van der Waals surface area (Å²) in [6.07, 6.45) is 4.79. The van der Waals surface area contributed by atoms with Gasteiger partial charge >= 0.3 is 0 Å². The van der Waals surface area contributed by atoms with E-state index in [1.54, 1.807) is 0 Å². The van der Waals surface area contributed by atoms with E-state index in [0.717, 1.165) is 51.2 Å². The van der Waals surface area contributed by atoms with Crippen molar-refractivity contribution in [1.82, 2.24) is 0 Å². The van der Waals surface area contributed by atoms with Crippen molar-refractivity contribution in [2.45, 2.75) is 31.8 Å². The molecule has 98 valence electrons. The Kier molecular flexibility index (Phi) is 3.52. The maximum atomic E-state index is 5.85. The summed E-state index contributed by atoms with van der Waals surface area (Å²) in [6, 6.07) is 6.50. The first-order valence-electron chi connectivity index (χ1n) is 6.91. The van der Waals surface area contributed by atoms with E-state index in [-0.39, 0.29) is 0 Å². The lowest BCUT2D eigenvalue weighted by Crippen LogP contribution is -2.36. The number of fused-ring (bicyclic) bond motifs is 1. The second-order valence-corrected chi connectivity index (χ2v) is 5.36. The minimum Gasteiger partial charge on any atom is -0.493 e. The van der Waals surface area contributed by atoms with Gasteiger partial charge in [-0.15, -0.1) is 0 Å². The van der Waals surface area contributed by atoms with Crippen molar-refractivity contribution in [2.75, 3.05) is 19.8 Å². The Balaban J connectivity index is 1.43. The molecule has 2 N–H and O–H groups in total. The SMILES string of the molecule is NCC1CC(OCCc2ccc3c(c2)CCO3)C1. The van der Waals surface area contributed by atoms with Gasteiger partial charge < -0.3 is 15.2 Å². The summed E-state index contributed by atoms with van der Waals surface area (Å²) in [6.45, 7) is 2.46. The molecular weight excluding hydrogens is 226 g/mol. The minimum atomic E-state index is 0.455. The Labute approximate surface area is 108 Å². The highest BCUT2D eigenvalue weighted by Gasteiger charge is 2.28. The van der Waals surface area contributed by atoms with Gasteiger partial charge in [-0.2, -0.15) is 0 Å². The number of nitrogens with two attached hydrogens (primary N) is 1. The van der Waals surface area contributed by atoms with E-state index >= 15 is 0 Å². The fourth-order valence-electron chi connectivity index (χ4n) is 2.74. The lowest BCUT2D eigenvalue weighted by atomic mass is 9.82. The van der Waals surface area contributed by atoms with E-state index in [1.165, 1.54) is 11.1 Å². The van der Waals surface area contributed by atoms with Gasteiger partial charge in [-0.25, -0.2) is 0 Å². The summed E-state index contributed by atoms with van der Waals surface area (Å²) in [7, 11) is 0. The van der Waals surface area contributed by atoms with Crippen LogP contribution in [0.4, 0.5) is 0 Å². The smallest absolute Gasteiger partial charge is 0.122 e. The highest BCUT2D eigenvalue weighted by molar-refractivity contribution is 5.39. The van der Waals surface area contributed by atoms with E-state index in [1.807, 2.05) is 0 Å². The van der Waals surface area contributed by atoms with Crippen LogP contribution in [0.15, 0.2) is 18.2 Å². The van der Waals surface area contributed by atoms with Crippen LogP contribution in [-0.2, 0) is 17.6 Å².